The molecule has 0 fully saturated rings. The van der Waals surface area contributed by atoms with Crippen LogP contribution >= 0.6 is 22.6 Å². The molecule has 0 spiro atoms. The first-order chi connectivity index (χ1) is 11.7. The fraction of sp³-hybridized carbons (Fsp3) is 0.278. The molecule has 0 unspecified atom stereocenters. The van der Waals surface area contributed by atoms with Gasteiger partial charge >= 0.3 is 6.09 Å². The van der Waals surface area contributed by atoms with Gasteiger partial charge in [-0.15, -0.1) is 0 Å². The number of pyridine rings is 2. The first kappa shape index (κ1) is 17.8. The highest BCUT2D eigenvalue weighted by Gasteiger charge is 2.21. The molecule has 0 aromatic carbocycles. The Balaban J connectivity index is 2.03. The van der Waals surface area contributed by atoms with E-state index in [1.165, 1.54) is 10.6 Å². The monoisotopic (exact) mass is 453 g/mol. The van der Waals surface area contributed by atoms with Gasteiger partial charge in [0.1, 0.15) is 14.9 Å². The van der Waals surface area contributed by atoms with Crippen molar-refractivity contribution >= 4 is 39.7 Å². The molecule has 0 saturated carbocycles. The standard InChI is InChI=1S/C18H17FIN3O2/c1-18(2,3)25-17(24)23-10-12(13-5-4-8-21-16(13)23)9-11-6-7-14(19)22-15(11)20/h4-8,10H,9H2,1-3H3. The number of hydrogen-bond acceptors (Lipinski definition) is 4. The van der Waals surface area contributed by atoms with Gasteiger partial charge in [0.05, 0.1) is 0 Å². The largest absolute Gasteiger partial charge is 0.443 e. The topological polar surface area (TPSA) is 57.0 Å². The zero-order valence-electron chi connectivity index (χ0n) is 14.1. The lowest BCUT2D eigenvalue weighted by Gasteiger charge is -2.19. The van der Waals surface area contributed by atoms with Gasteiger partial charge in [-0.05, 0) is 72.7 Å². The Morgan fingerprint density at radius 3 is 2.72 bits per heavy atom. The van der Waals surface area contributed by atoms with Gasteiger partial charge in [0.2, 0.25) is 5.95 Å². The van der Waals surface area contributed by atoms with Crippen molar-refractivity contribution in [1.82, 2.24) is 14.5 Å². The van der Waals surface area contributed by atoms with Crippen LogP contribution in [0.15, 0.2) is 36.7 Å². The normalized spacial score (nSPS) is 11.7. The molecular formula is C18H17FIN3O2. The zero-order chi connectivity index (χ0) is 18.2. The summed E-state index contributed by atoms with van der Waals surface area (Å²) in [4.78, 5) is 20.7. The Morgan fingerprint density at radius 2 is 2.04 bits per heavy atom. The van der Waals surface area contributed by atoms with E-state index in [9.17, 15) is 9.18 Å². The maximum absolute atomic E-state index is 13.2. The number of carbonyl (C=O) groups excluding carboxylic acids is 1. The Bertz CT molecular complexity index is 947. The first-order valence-electron chi connectivity index (χ1n) is 7.74. The van der Waals surface area contributed by atoms with E-state index in [-0.39, 0.29) is 0 Å². The average molecular weight is 453 g/mol. The number of carbonyl (C=O) groups is 1. The predicted molar refractivity (Wildman–Crippen MR) is 101 cm³/mol. The average Bonchev–Trinajstić information content (AvgIpc) is 2.87. The molecule has 5 nitrogen and oxygen atoms in total. The molecule has 25 heavy (non-hydrogen) atoms. The van der Waals surface area contributed by atoms with E-state index in [1.807, 2.05) is 55.5 Å². The van der Waals surface area contributed by atoms with Crippen molar-refractivity contribution in [3.05, 3.63) is 57.4 Å². The summed E-state index contributed by atoms with van der Waals surface area (Å²) >= 11 is 2.01. The van der Waals surface area contributed by atoms with E-state index in [0.717, 1.165) is 16.5 Å². The Kier molecular flexibility index (Phi) is 4.77. The van der Waals surface area contributed by atoms with Crippen LogP contribution in [0.1, 0.15) is 31.9 Å². The molecule has 7 heteroatoms. The number of fused-ring (bicyclic) bond motifs is 1. The highest BCUT2D eigenvalue weighted by molar-refractivity contribution is 14.1. The van der Waals surface area contributed by atoms with Crippen LogP contribution in [0.2, 0.25) is 0 Å². The van der Waals surface area contributed by atoms with E-state index in [2.05, 4.69) is 9.97 Å². The van der Waals surface area contributed by atoms with Crippen molar-refractivity contribution in [3.8, 4) is 0 Å². The number of rotatable bonds is 2. The van der Waals surface area contributed by atoms with Crippen molar-refractivity contribution in [1.29, 1.82) is 0 Å². The molecule has 3 aromatic heterocycles. The van der Waals surface area contributed by atoms with Gasteiger partial charge in [0, 0.05) is 24.2 Å². The van der Waals surface area contributed by atoms with Gasteiger partial charge in [-0.1, -0.05) is 6.07 Å². The molecule has 3 rings (SSSR count). The second-order valence-electron chi connectivity index (χ2n) is 6.64. The minimum absolute atomic E-state index is 0.477. The van der Waals surface area contributed by atoms with Crippen molar-refractivity contribution in [2.45, 2.75) is 32.8 Å². The lowest BCUT2D eigenvalue weighted by molar-refractivity contribution is 0.0543. The van der Waals surface area contributed by atoms with E-state index in [0.29, 0.717) is 15.8 Å². The summed E-state index contributed by atoms with van der Waals surface area (Å²) in [6.45, 7) is 5.45. The molecule has 0 atom stereocenters. The van der Waals surface area contributed by atoms with Crippen LogP contribution in [0.25, 0.3) is 11.0 Å². The third-order valence-electron chi connectivity index (χ3n) is 3.51. The molecule has 0 aliphatic rings. The van der Waals surface area contributed by atoms with E-state index in [4.69, 9.17) is 4.74 Å². The molecule has 0 bridgehead atoms. The molecule has 0 aliphatic heterocycles. The predicted octanol–water partition coefficient (Wildman–Crippen LogP) is 4.55. The van der Waals surface area contributed by atoms with Crippen molar-refractivity contribution in [2.75, 3.05) is 0 Å². The lowest BCUT2D eigenvalue weighted by atomic mass is 10.1. The van der Waals surface area contributed by atoms with Crippen LogP contribution in [0.4, 0.5) is 9.18 Å². The van der Waals surface area contributed by atoms with Crippen molar-refractivity contribution in [3.63, 3.8) is 0 Å². The van der Waals surface area contributed by atoms with Crippen LogP contribution in [0, 0.1) is 9.65 Å². The minimum Gasteiger partial charge on any atom is -0.443 e. The number of aromatic nitrogens is 3. The summed E-state index contributed by atoms with van der Waals surface area (Å²) in [5.41, 5.74) is 1.73. The summed E-state index contributed by atoms with van der Waals surface area (Å²) in [5, 5.41) is 0.855. The molecule has 0 aliphatic carbocycles. The quantitative estimate of drug-likeness (QED) is 0.422. The second-order valence-corrected chi connectivity index (χ2v) is 7.66. The van der Waals surface area contributed by atoms with Gasteiger partial charge < -0.3 is 4.74 Å². The number of ether oxygens (including phenoxy) is 1. The van der Waals surface area contributed by atoms with Crippen LogP contribution in [-0.2, 0) is 11.2 Å². The fourth-order valence-corrected chi connectivity index (χ4v) is 3.10. The second kappa shape index (κ2) is 6.70. The fourth-order valence-electron chi connectivity index (χ4n) is 2.50. The van der Waals surface area contributed by atoms with Crippen molar-refractivity contribution in [2.24, 2.45) is 0 Å². The summed E-state index contributed by atoms with van der Waals surface area (Å²) in [6.07, 6.45) is 3.40. The molecule has 0 N–H and O–H groups in total. The zero-order valence-corrected chi connectivity index (χ0v) is 16.2. The molecular weight excluding hydrogens is 436 g/mol. The summed E-state index contributed by atoms with van der Waals surface area (Å²) in [7, 11) is 0. The van der Waals surface area contributed by atoms with Crippen LogP contribution in [-0.4, -0.2) is 26.2 Å². The third kappa shape index (κ3) is 3.97. The SMILES string of the molecule is CC(C)(C)OC(=O)n1cc(Cc2ccc(F)nc2I)c2cccnc21. The lowest BCUT2D eigenvalue weighted by Crippen LogP contribution is -2.26. The number of nitrogens with zero attached hydrogens (tertiary/aromatic N) is 3. The van der Waals surface area contributed by atoms with Gasteiger partial charge in [-0.2, -0.15) is 4.39 Å². The maximum Gasteiger partial charge on any atom is 0.420 e. The molecule has 3 heterocycles. The Morgan fingerprint density at radius 1 is 1.28 bits per heavy atom. The molecule has 0 radical (unpaired) electrons. The third-order valence-corrected chi connectivity index (χ3v) is 4.44. The van der Waals surface area contributed by atoms with Gasteiger partial charge in [0.25, 0.3) is 0 Å². The maximum atomic E-state index is 13.2. The van der Waals surface area contributed by atoms with Crippen LogP contribution in [0.5, 0.6) is 0 Å². The van der Waals surface area contributed by atoms with Crippen LogP contribution < -0.4 is 0 Å². The molecule has 0 saturated heterocycles. The van der Waals surface area contributed by atoms with E-state index < -0.39 is 17.6 Å². The summed E-state index contributed by atoms with van der Waals surface area (Å²) in [6, 6.07) is 6.77. The highest BCUT2D eigenvalue weighted by Crippen LogP contribution is 2.25. The minimum atomic E-state index is -0.598. The highest BCUT2D eigenvalue weighted by atomic mass is 127. The Labute approximate surface area is 158 Å². The Hall–Kier alpha value is -2.03. The van der Waals surface area contributed by atoms with Gasteiger partial charge in [0.15, 0.2) is 0 Å². The number of halogens is 2. The van der Waals surface area contributed by atoms with Gasteiger partial charge in [-0.3, -0.25) is 0 Å². The first-order valence-corrected chi connectivity index (χ1v) is 8.82. The van der Waals surface area contributed by atoms with Gasteiger partial charge in [-0.25, -0.2) is 19.3 Å². The molecule has 3 aromatic rings. The molecule has 130 valence electrons. The van der Waals surface area contributed by atoms with E-state index >= 15 is 0 Å². The van der Waals surface area contributed by atoms with E-state index in [1.54, 1.807) is 18.5 Å². The smallest absolute Gasteiger partial charge is 0.420 e. The number of hydrogen-bond donors (Lipinski definition) is 0. The van der Waals surface area contributed by atoms with Crippen LogP contribution in [0.3, 0.4) is 0 Å². The molecule has 0 amide bonds. The summed E-state index contributed by atoms with van der Waals surface area (Å²) in [5.74, 6) is -0.508. The van der Waals surface area contributed by atoms with Crippen molar-refractivity contribution < 1.29 is 13.9 Å². The summed E-state index contributed by atoms with van der Waals surface area (Å²) < 4.78 is 20.7.